The van der Waals surface area contributed by atoms with E-state index < -0.39 is 0 Å². The van der Waals surface area contributed by atoms with E-state index in [2.05, 4.69) is 111 Å². The Morgan fingerprint density at radius 1 is 0.952 bits per heavy atom. The van der Waals surface area contributed by atoms with Gasteiger partial charge in [0.1, 0.15) is 0 Å². The first-order valence-corrected chi connectivity index (χ1v) is 15.0. The molecule has 4 rings (SSSR count). The third-order valence-corrected chi connectivity index (χ3v) is 8.40. The maximum absolute atomic E-state index is 5.42. The number of hydrogen-bond acceptors (Lipinski definition) is 4. The molecule has 4 heteroatoms. The van der Waals surface area contributed by atoms with Gasteiger partial charge in [-0.3, -0.25) is 15.0 Å². The third kappa shape index (κ3) is 6.60. The molecule has 0 aliphatic heterocycles. The van der Waals surface area contributed by atoms with Crippen LogP contribution in [0, 0.1) is 6.92 Å². The largest absolute Gasteiger partial charge is 0.405 e. The zero-order valence-corrected chi connectivity index (χ0v) is 26.0. The van der Waals surface area contributed by atoms with Gasteiger partial charge >= 0.3 is 0 Å². The van der Waals surface area contributed by atoms with Crippen LogP contribution in [0.4, 0.5) is 5.69 Å². The highest BCUT2D eigenvalue weighted by Crippen LogP contribution is 2.41. The highest BCUT2D eigenvalue weighted by atomic mass is 14.7. The molecule has 42 heavy (non-hydrogen) atoms. The van der Waals surface area contributed by atoms with E-state index in [1.165, 1.54) is 56.2 Å². The number of nitrogens with zero attached hydrogens (tertiary/aromatic N) is 3. The Kier molecular flexibility index (Phi) is 10.2. The van der Waals surface area contributed by atoms with Gasteiger partial charge in [0.25, 0.3) is 0 Å². The molecule has 216 valence electrons. The summed E-state index contributed by atoms with van der Waals surface area (Å²) >= 11 is 0. The lowest BCUT2D eigenvalue weighted by Crippen LogP contribution is -2.25. The van der Waals surface area contributed by atoms with Crippen LogP contribution in [-0.2, 0) is 24.7 Å². The second kappa shape index (κ2) is 14.0. The number of allylic oxidation sites excluding steroid dienone is 2. The molecule has 4 nitrogen and oxygen atoms in total. The molecule has 0 saturated heterocycles. The Labute approximate surface area is 251 Å². The molecule has 0 saturated carbocycles. The lowest BCUT2D eigenvalue weighted by atomic mass is 9.71. The number of pyridine rings is 1. The SMILES string of the molecule is CC=N/C=C(\C)C(C)(c1ccc(CC)cc1)c1ccc2nc(CCC)c(Cc3ccc(N=CC=CN)cc3)c(C)c2c1. The second-order valence-electron chi connectivity index (χ2n) is 11.0. The van der Waals surface area contributed by atoms with E-state index in [0.29, 0.717) is 0 Å². The van der Waals surface area contributed by atoms with Crippen LogP contribution < -0.4 is 5.73 Å². The van der Waals surface area contributed by atoms with Crippen LogP contribution in [0.15, 0.2) is 101 Å². The molecule has 4 aromatic rings. The molecule has 3 aromatic carbocycles. The summed E-state index contributed by atoms with van der Waals surface area (Å²) in [6.07, 6.45) is 12.6. The number of fused-ring (bicyclic) bond motifs is 1. The molecule has 0 amide bonds. The molecule has 1 aromatic heterocycles. The lowest BCUT2D eigenvalue weighted by Gasteiger charge is -2.33. The van der Waals surface area contributed by atoms with Crippen molar-refractivity contribution in [1.82, 2.24) is 4.98 Å². The summed E-state index contributed by atoms with van der Waals surface area (Å²) in [6.45, 7) is 13.1. The van der Waals surface area contributed by atoms with Crippen LogP contribution in [-0.4, -0.2) is 17.4 Å². The highest BCUT2D eigenvalue weighted by Gasteiger charge is 2.31. The summed E-state index contributed by atoms with van der Waals surface area (Å²) in [6, 6.07) is 24.3. The fraction of sp³-hybridized carbons (Fsp3) is 0.289. The van der Waals surface area contributed by atoms with Gasteiger partial charge in [-0.05, 0) is 122 Å². The predicted molar refractivity (Wildman–Crippen MR) is 181 cm³/mol. The predicted octanol–water partition coefficient (Wildman–Crippen LogP) is 9.12. The number of aryl methyl sites for hydroxylation is 3. The van der Waals surface area contributed by atoms with E-state index in [-0.39, 0.29) is 5.41 Å². The minimum absolute atomic E-state index is 0.336. The number of aliphatic imine (C=N–C) groups is 2. The van der Waals surface area contributed by atoms with Crippen molar-refractivity contribution in [3.63, 3.8) is 0 Å². The zero-order valence-electron chi connectivity index (χ0n) is 26.0. The Bertz CT molecular complexity index is 1620. The van der Waals surface area contributed by atoms with E-state index in [1.54, 1.807) is 12.3 Å². The van der Waals surface area contributed by atoms with E-state index >= 15 is 0 Å². The maximum Gasteiger partial charge on any atom is 0.0708 e. The van der Waals surface area contributed by atoms with Crippen molar-refractivity contribution in [1.29, 1.82) is 0 Å². The highest BCUT2D eigenvalue weighted by molar-refractivity contribution is 5.85. The van der Waals surface area contributed by atoms with Crippen molar-refractivity contribution < 1.29 is 0 Å². The average Bonchev–Trinajstić information content (AvgIpc) is 3.02. The maximum atomic E-state index is 5.42. The Hall–Kier alpha value is -4.31. The summed E-state index contributed by atoms with van der Waals surface area (Å²) in [5.74, 6) is 0. The summed E-state index contributed by atoms with van der Waals surface area (Å²) in [7, 11) is 0. The van der Waals surface area contributed by atoms with Crippen LogP contribution in [0.3, 0.4) is 0 Å². The molecule has 0 aliphatic rings. The monoisotopic (exact) mass is 556 g/mol. The van der Waals surface area contributed by atoms with Gasteiger partial charge in [0.2, 0.25) is 0 Å². The van der Waals surface area contributed by atoms with Crippen molar-refractivity contribution in [3.8, 4) is 0 Å². The third-order valence-electron chi connectivity index (χ3n) is 8.40. The fourth-order valence-corrected chi connectivity index (χ4v) is 5.61. The number of hydrogen-bond donors (Lipinski definition) is 1. The Morgan fingerprint density at radius 3 is 2.29 bits per heavy atom. The van der Waals surface area contributed by atoms with Gasteiger partial charge in [-0.2, -0.15) is 0 Å². The lowest BCUT2D eigenvalue weighted by molar-refractivity contribution is 0.672. The Balaban J connectivity index is 1.84. The topological polar surface area (TPSA) is 63.6 Å². The number of nitrogens with two attached hydrogens (primary N) is 1. The van der Waals surface area contributed by atoms with Gasteiger partial charge < -0.3 is 5.73 Å². The molecular formula is C38H44N4. The van der Waals surface area contributed by atoms with Crippen molar-refractivity contribution in [2.75, 3.05) is 0 Å². The molecule has 0 spiro atoms. The molecule has 2 N–H and O–H groups in total. The second-order valence-corrected chi connectivity index (χ2v) is 11.0. The van der Waals surface area contributed by atoms with E-state index in [0.717, 1.165) is 36.9 Å². The van der Waals surface area contributed by atoms with Crippen LogP contribution >= 0.6 is 0 Å². The van der Waals surface area contributed by atoms with Crippen molar-refractivity contribution in [2.24, 2.45) is 15.7 Å². The first kappa shape index (κ1) is 30.6. The Morgan fingerprint density at radius 2 is 1.64 bits per heavy atom. The summed E-state index contributed by atoms with van der Waals surface area (Å²) in [5.41, 5.74) is 17.1. The normalized spacial score (nSPS) is 14.0. The quantitative estimate of drug-likeness (QED) is 0.187. The van der Waals surface area contributed by atoms with Crippen molar-refractivity contribution in [3.05, 3.63) is 130 Å². The standard InChI is InChI=1S/C38H44N4/c1-7-11-36-34(24-30-14-19-33(20-15-30)41-23-10-22-39)28(5)35-25-32(18-21-37(35)42-36)38(6,27(4)26-40-9-3)31-16-12-29(8-2)13-17-31/h9-10,12-23,25-26H,7-8,11,24,39H2,1-6H3/b22-10?,27-26+,40-9?,41-23?. The van der Waals surface area contributed by atoms with Crippen molar-refractivity contribution >= 4 is 29.0 Å². The van der Waals surface area contributed by atoms with Crippen LogP contribution in [0.25, 0.3) is 10.9 Å². The van der Waals surface area contributed by atoms with E-state index in [1.807, 2.05) is 19.3 Å². The van der Waals surface area contributed by atoms with Gasteiger partial charge in [0.15, 0.2) is 0 Å². The van der Waals surface area contributed by atoms with Crippen LogP contribution in [0.5, 0.6) is 0 Å². The molecule has 0 radical (unpaired) electrons. The average molecular weight is 557 g/mol. The molecular weight excluding hydrogens is 512 g/mol. The van der Waals surface area contributed by atoms with Gasteiger partial charge in [0.05, 0.1) is 11.2 Å². The molecule has 0 aliphatic carbocycles. The van der Waals surface area contributed by atoms with Crippen LogP contribution in [0.1, 0.15) is 80.1 Å². The molecule has 1 unspecified atom stereocenters. The van der Waals surface area contributed by atoms with Gasteiger partial charge in [-0.15, -0.1) is 0 Å². The molecule has 1 heterocycles. The van der Waals surface area contributed by atoms with E-state index in [9.17, 15) is 0 Å². The van der Waals surface area contributed by atoms with E-state index in [4.69, 9.17) is 10.7 Å². The summed E-state index contributed by atoms with van der Waals surface area (Å²) < 4.78 is 0. The minimum atomic E-state index is -0.336. The van der Waals surface area contributed by atoms with Gasteiger partial charge in [0, 0.05) is 35.1 Å². The first-order valence-electron chi connectivity index (χ1n) is 15.0. The smallest absolute Gasteiger partial charge is 0.0708 e. The number of rotatable bonds is 11. The minimum Gasteiger partial charge on any atom is -0.405 e. The van der Waals surface area contributed by atoms with Crippen LogP contribution in [0.2, 0.25) is 0 Å². The summed E-state index contributed by atoms with van der Waals surface area (Å²) in [4.78, 5) is 14.2. The fourth-order valence-electron chi connectivity index (χ4n) is 5.61. The zero-order chi connectivity index (χ0) is 30.1. The molecule has 0 fully saturated rings. The van der Waals surface area contributed by atoms with Crippen molar-refractivity contribution in [2.45, 2.75) is 72.6 Å². The van der Waals surface area contributed by atoms with Gasteiger partial charge in [-0.25, -0.2) is 0 Å². The van der Waals surface area contributed by atoms with Gasteiger partial charge in [-0.1, -0.05) is 62.7 Å². The first-order chi connectivity index (χ1) is 20.3. The molecule has 1 atom stereocenters. The molecule has 0 bridgehead atoms. The number of benzene rings is 3. The number of aromatic nitrogens is 1. The summed E-state index contributed by atoms with van der Waals surface area (Å²) in [5, 5.41) is 1.21.